The highest BCUT2D eigenvalue weighted by Crippen LogP contribution is 2.27. The third kappa shape index (κ3) is 3.85. The standard InChI is InChI=1S/C16H17N5O4S3/c1-10-17-12(9-27-10)15-19-20-16(25-15)18-14(22)11-4-6-21(7-5-11)28(23,24)13-3-2-8-26-13/h2-3,8-9,11H,4-7H2,1H3,(H,18,20,22). The molecule has 0 saturated carbocycles. The summed E-state index contributed by atoms with van der Waals surface area (Å²) in [5.41, 5.74) is 0.572. The minimum atomic E-state index is -3.48. The highest BCUT2D eigenvalue weighted by molar-refractivity contribution is 7.91. The Labute approximate surface area is 169 Å². The minimum absolute atomic E-state index is 0.0132. The molecule has 0 aromatic carbocycles. The lowest BCUT2D eigenvalue weighted by Crippen LogP contribution is -2.41. The van der Waals surface area contributed by atoms with Crippen molar-refractivity contribution in [3.63, 3.8) is 0 Å². The number of nitrogens with one attached hydrogen (secondary N) is 1. The van der Waals surface area contributed by atoms with Crippen LogP contribution in [0.5, 0.6) is 0 Å². The molecular weight excluding hydrogens is 422 g/mol. The number of carbonyl (C=O) groups excluding carboxylic acids is 1. The van der Waals surface area contributed by atoms with E-state index in [1.807, 2.05) is 6.92 Å². The van der Waals surface area contributed by atoms with Gasteiger partial charge in [-0.05, 0) is 31.2 Å². The van der Waals surface area contributed by atoms with Gasteiger partial charge in [0.15, 0.2) is 0 Å². The number of thiazole rings is 1. The number of piperidine rings is 1. The van der Waals surface area contributed by atoms with Gasteiger partial charge in [0, 0.05) is 24.4 Å². The summed E-state index contributed by atoms with van der Waals surface area (Å²) < 4.78 is 32.3. The van der Waals surface area contributed by atoms with Gasteiger partial charge in [0.25, 0.3) is 15.9 Å². The number of hydrogen-bond acceptors (Lipinski definition) is 9. The fraction of sp³-hybridized carbons (Fsp3) is 0.375. The van der Waals surface area contributed by atoms with Gasteiger partial charge in [-0.3, -0.25) is 10.1 Å². The zero-order valence-electron chi connectivity index (χ0n) is 14.9. The largest absolute Gasteiger partial charge is 0.401 e. The summed E-state index contributed by atoms with van der Waals surface area (Å²) >= 11 is 2.66. The molecule has 0 aliphatic carbocycles. The van der Waals surface area contributed by atoms with E-state index in [0.29, 0.717) is 35.8 Å². The van der Waals surface area contributed by atoms with Gasteiger partial charge >= 0.3 is 6.01 Å². The Hall–Kier alpha value is -2.15. The predicted molar refractivity (Wildman–Crippen MR) is 105 cm³/mol. The Morgan fingerprint density at radius 3 is 2.71 bits per heavy atom. The van der Waals surface area contributed by atoms with Crippen LogP contribution in [0, 0.1) is 12.8 Å². The monoisotopic (exact) mass is 439 g/mol. The van der Waals surface area contributed by atoms with Crippen molar-refractivity contribution < 1.29 is 17.6 Å². The Morgan fingerprint density at radius 2 is 2.07 bits per heavy atom. The number of carbonyl (C=O) groups is 1. The van der Waals surface area contributed by atoms with Crippen molar-refractivity contribution in [1.82, 2.24) is 19.5 Å². The number of anilines is 1. The van der Waals surface area contributed by atoms with Crippen LogP contribution in [0.2, 0.25) is 0 Å². The second-order valence-corrected chi connectivity index (χ2v) is 10.4. The van der Waals surface area contributed by atoms with Gasteiger partial charge in [-0.1, -0.05) is 11.2 Å². The van der Waals surface area contributed by atoms with Crippen molar-refractivity contribution in [3.05, 3.63) is 27.9 Å². The first kappa shape index (κ1) is 19.2. The average molecular weight is 440 g/mol. The van der Waals surface area contributed by atoms with E-state index < -0.39 is 10.0 Å². The van der Waals surface area contributed by atoms with Crippen LogP contribution in [0.1, 0.15) is 17.8 Å². The Morgan fingerprint density at radius 1 is 1.29 bits per heavy atom. The number of rotatable bonds is 5. The van der Waals surface area contributed by atoms with E-state index in [0.717, 1.165) is 5.01 Å². The quantitative estimate of drug-likeness (QED) is 0.649. The first-order valence-electron chi connectivity index (χ1n) is 8.54. The van der Waals surface area contributed by atoms with Crippen LogP contribution in [0.15, 0.2) is 31.5 Å². The number of hydrogen-bond donors (Lipinski definition) is 1. The van der Waals surface area contributed by atoms with Crippen molar-refractivity contribution >= 4 is 44.6 Å². The highest BCUT2D eigenvalue weighted by Gasteiger charge is 2.33. The predicted octanol–water partition coefficient (Wildman–Crippen LogP) is 2.60. The fourth-order valence-electron chi connectivity index (χ4n) is 2.94. The molecule has 4 heterocycles. The molecule has 3 aromatic rings. The molecule has 9 nitrogen and oxygen atoms in total. The van der Waals surface area contributed by atoms with Gasteiger partial charge in [-0.25, -0.2) is 13.4 Å². The van der Waals surface area contributed by atoms with Crippen LogP contribution in [0.4, 0.5) is 6.01 Å². The van der Waals surface area contributed by atoms with E-state index in [-0.39, 0.29) is 23.7 Å². The molecule has 1 aliphatic rings. The molecule has 1 aliphatic heterocycles. The number of aryl methyl sites for hydroxylation is 1. The molecule has 28 heavy (non-hydrogen) atoms. The van der Waals surface area contributed by atoms with E-state index >= 15 is 0 Å². The molecule has 148 valence electrons. The minimum Gasteiger partial charge on any atom is -0.401 e. The maximum absolute atomic E-state index is 12.6. The van der Waals surface area contributed by atoms with Gasteiger partial charge in [-0.2, -0.15) is 4.31 Å². The zero-order chi connectivity index (χ0) is 19.7. The molecule has 1 N–H and O–H groups in total. The maximum atomic E-state index is 12.6. The van der Waals surface area contributed by atoms with E-state index in [9.17, 15) is 13.2 Å². The Kier molecular flexibility index (Phi) is 5.27. The van der Waals surface area contributed by atoms with Crippen LogP contribution in [0.3, 0.4) is 0 Å². The summed E-state index contributed by atoms with van der Waals surface area (Å²) in [6, 6.07) is 3.32. The topological polar surface area (TPSA) is 118 Å². The molecule has 0 atom stereocenters. The van der Waals surface area contributed by atoms with E-state index in [4.69, 9.17) is 4.42 Å². The SMILES string of the molecule is Cc1nc(-c2nnc(NC(=O)C3CCN(S(=O)(=O)c4cccs4)CC3)o2)cs1. The molecule has 0 spiro atoms. The van der Waals surface area contributed by atoms with Crippen molar-refractivity contribution in [2.75, 3.05) is 18.4 Å². The summed E-state index contributed by atoms with van der Waals surface area (Å²) in [6.07, 6.45) is 0.866. The number of nitrogens with zero attached hydrogens (tertiary/aromatic N) is 4. The molecule has 4 rings (SSSR count). The average Bonchev–Trinajstić information content (AvgIpc) is 3.43. The van der Waals surface area contributed by atoms with Crippen molar-refractivity contribution in [2.45, 2.75) is 24.0 Å². The smallest absolute Gasteiger partial charge is 0.322 e. The van der Waals surface area contributed by atoms with Crippen LogP contribution in [-0.2, 0) is 14.8 Å². The molecule has 12 heteroatoms. The van der Waals surface area contributed by atoms with Crippen LogP contribution in [0.25, 0.3) is 11.6 Å². The summed E-state index contributed by atoms with van der Waals surface area (Å²) in [4.78, 5) is 16.7. The lowest BCUT2D eigenvalue weighted by molar-refractivity contribution is -0.121. The Bertz CT molecular complexity index is 1070. The maximum Gasteiger partial charge on any atom is 0.322 e. The van der Waals surface area contributed by atoms with E-state index in [1.165, 1.54) is 27.0 Å². The van der Waals surface area contributed by atoms with Crippen molar-refractivity contribution in [2.24, 2.45) is 5.92 Å². The molecule has 1 fully saturated rings. The molecule has 3 aromatic heterocycles. The second-order valence-electron chi connectivity index (χ2n) is 6.26. The van der Waals surface area contributed by atoms with Gasteiger partial charge in [0.05, 0.1) is 5.01 Å². The van der Waals surface area contributed by atoms with Crippen LogP contribution < -0.4 is 5.32 Å². The van der Waals surface area contributed by atoms with Gasteiger partial charge in [-0.15, -0.1) is 27.8 Å². The lowest BCUT2D eigenvalue weighted by atomic mass is 9.97. The molecule has 0 bridgehead atoms. The summed E-state index contributed by atoms with van der Waals surface area (Å²) in [5, 5.41) is 14.8. The van der Waals surface area contributed by atoms with Gasteiger partial charge in [0.1, 0.15) is 9.90 Å². The molecular formula is C16H17N5O4S3. The van der Waals surface area contributed by atoms with Gasteiger partial charge in [0.2, 0.25) is 5.91 Å². The summed E-state index contributed by atoms with van der Waals surface area (Å²) in [7, 11) is -3.48. The van der Waals surface area contributed by atoms with E-state index in [1.54, 1.807) is 22.9 Å². The highest BCUT2D eigenvalue weighted by atomic mass is 32.2. The Balaban J connectivity index is 1.35. The van der Waals surface area contributed by atoms with Gasteiger partial charge < -0.3 is 4.42 Å². The molecule has 1 amide bonds. The number of sulfonamides is 1. The molecule has 0 radical (unpaired) electrons. The van der Waals surface area contributed by atoms with Crippen LogP contribution >= 0.6 is 22.7 Å². The first-order chi connectivity index (χ1) is 13.4. The third-order valence-corrected chi connectivity index (χ3v) is 8.45. The molecule has 1 saturated heterocycles. The van der Waals surface area contributed by atoms with E-state index in [2.05, 4.69) is 20.5 Å². The number of amides is 1. The zero-order valence-corrected chi connectivity index (χ0v) is 17.3. The van der Waals surface area contributed by atoms with Crippen molar-refractivity contribution in [3.8, 4) is 11.6 Å². The number of aromatic nitrogens is 3. The van der Waals surface area contributed by atoms with Crippen molar-refractivity contribution in [1.29, 1.82) is 0 Å². The summed E-state index contributed by atoms with van der Waals surface area (Å²) in [5.74, 6) is -0.319. The van der Waals surface area contributed by atoms with Crippen LogP contribution in [-0.4, -0.2) is 46.9 Å². The second kappa shape index (κ2) is 7.70. The number of thiophene rings is 1. The summed E-state index contributed by atoms with van der Waals surface area (Å²) in [6.45, 7) is 2.47. The fourth-order valence-corrected chi connectivity index (χ4v) is 6.14. The normalized spacial score (nSPS) is 16.3. The first-order valence-corrected chi connectivity index (χ1v) is 11.7. The molecule has 0 unspecified atom stereocenters. The third-order valence-electron chi connectivity index (χ3n) is 4.41. The lowest BCUT2D eigenvalue weighted by Gasteiger charge is -2.29.